The maximum Gasteiger partial charge on any atom is 0.399 e. The van der Waals surface area contributed by atoms with Crippen LogP contribution in [0.15, 0.2) is 22.3 Å². The lowest BCUT2D eigenvalue weighted by Gasteiger charge is -2.37. The largest absolute Gasteiger partial charge is 0.401 e. The molecule has 80 valence electrons. The number of allylic oxidation sites excluding steroid dienone is 2. The normalized spacial score (nSPS) is 33.7. The van der Waals surface area contributed by atoms with Gasteiger partial charge in [0.2, 0.25) is 0 Å². The summed E-state index contributed by atoms with van der Waals surface area (Å²) in [5, 5.41) is 0. The molecule has 2 nitrogen and oxygen atoms in total. The predicted octanol–water partition coefficient (Wildman–Crippen LogP) is 2.02. The second kappa shape index (κ2) is 3.27. The fraction of sp³-hybridized carbons (Fsp3) is 0.500. The van der Waals surface area contributed by atoms with E-state index in [4.69, 9.17) is 11.5 Å². The van der Waals surface area contributed by atoms with E-state index in [9.17, 15) is 13.2 Å². The first-order valence-electron chi connectivity index (χ1n) is 3.86. The molecule has 0 heterocycles. The lowest BCUT2D eigenvalue weighted by atomic mass is 9.77. The predicted molar refractivity (Wildman–Crippen MR) is 51.4 cm³/mol. The van der Waals surface area contributed by atoms with Gasteiger partial charge in [0, 0.05) is 10.2 Å². The van der Waals surface area contributed by atoms with E-state index in [0.29, 0.717) is 4.48 Å². The molecule has 0 aromatic heterocycles. The maximum atomic E-state index is 12.7. The average Bonchev–Trinajstić information content (AvgIpc) is 1.97. The van der Waals surface area contributed by atoms with Gasteiger partial charge in [0.25, 0.3) is 0 Å². The fourth-order valence-corrected chi connectivity index (χ4v) is 2.01. The maximum absolute atomic E-state index is 12.7. The summed E-state index contributed by atoms with van der Waals surface area (Å²) in [4.78, 5) is 0. The number of hydrogen-bond acceptors (Lipinski definition) is 2. The van der Waals surface area contributed by atoms with Crippen molar-refractivity contribution in [1.29, 1.82) is 0 Å². The third-order valence-electron chi connectivity index (χ3n) is 2.36. The molecule has 14 heavy (non-hydrogen) atoms. The molecule has 0 radical (unpaired) electrons. The van der Waals surface area contributed by atoms with Gasteiger partial charge in [-0.1, -0.05) is 22.0 Å². The summed E-state index contributed by atoms with van der Waals surface area (Å²) in [5.41, 5.74) is 8.75. The molecule has 1 aliphatic carbocycles. The molecule has 0 amide bonds. The minimum absolute atomic E-state index is 0.0270. The van der Waals surface area contributed by atoms with Crippen molar-refractivity contribution in [2.24, 2.45) is 16.9 Å². The zero-order chi connectivity index (χ0) is 11.1. The van der Waals surface area contributed by atoms with Crippen LogP contribution in [0.5, 0.6) is 0 Å². The van der Waals surface area contributed by atoms with Crippen LogP contribution in [0.1, 0.15) is 6.92 Å². The van der Waals surface area contributed by atoms with Gasteiger partial charge < -0.3 is 11.5 Å². The van der Waals surface area contributed by atoms with Gasteiger partial charge in [-0.3, -0.25) is 0 Å². The van der Waals surface area contributed by atoms with E-state index in [0.717, 1.165) is 13.0 Å². The topological polar surface area (TPSA) is 52.0 Å². The summed E-state index contributed by atoms with van der Waals surface area (Å²) in [7, 11) is 0. The number of hydrogen-bond donors (Lipinski definition) is 2. The van der Waals surface area contributed by atoms with Gasteiger partial charge >= 0.3 is 6.18 Å². The summed E-state index contributed by atoms with van der Waals surface area (Å²) in [5.74, 6) is 0. The summed E-state index contributed by atoms with van der Waals surface area (Å²) < 4.78 is 38.4. The lowest BCUT2D eigenvalue weighted by Crippen LogP contribution is -2.52. The quantitative estimate of drug-likeness (QED) is 0.708. The van der Waals surface area contributed by atoms with E-state index >= 15 is 0 Å². The Bertz CT molecular complexity index is 308. The molecule has 0 saturated heterocycles. The molecule has 0 bridgehead atoms. The van der Waals surface area contributed by atoms with Crippen LogP contribution in [0.2, 0.25) is 0 Å². The second-order valence-corrected chi connectivity index (χ2v) is 4.35. The van der Waals surface area contributed by atoms with Crippen molar-refractivity contribution in [3.05, 3.63) is 22.3 Å². The van der Waals surface area contributed by atoms with Crippen LogP contribution in [0.25, 0.3) is 0 Å². The molecule has 4 N–H and O–H groups in total. The standard InChI is InChI=1S/C8H10BrF3N2/c1-7(8(10,11)12)3-4(9)2-5(13)6(7)14/h2-3,6H,13-14H2,1H3. The molecule has 0 aromatic rings. The molecule has 1 rings (SSSR count). The molecule has 0 aromatic carbocycles. The molecule has 0 aliphatic heterocycles. The summed E-state index contributed by atoms with van der Waals surface area (Å²) in [6, 6.07) is -1.23. The number of halogens is 4. The molecule has 2 atom stereocenters. The third-order valence-corrected chi connectivity index (χ3v) is 2.82. The Morgan fingerprint density at radius 3 is 2.43 bits per heavy atom. The van der Waals surface area contributed by atoms with Crippen LogP contribution in [0.3, 0.4) is 0 Å². The Hall–Kier alpha value is -0.490. The van der Waals surface area contributed by atoms with E-state index in [2.05, 4.69) is 15.9 Å². The van der Waals surface area contributed by atoms with E-state index in [-0.39, 0.29) is 5.70 Å². The van der Waals surface area contributed by atoms with Crippen molar-refractivity contribution in [3.8, 4) is 0 Å². The van der Waals surface area contributed by atoms with Gasteiger partial charge in [-0.15, -0.1) is 0 Å². The first-order chi connectivity index (χ1) is 6.18. The van der Waals surface area contributed by atoms with Gasteiger partial charge in [-0.05, 0) is 13.0 Å². The second-order valence-electron chi connectivity index (χ2n) is 3.43. The van der Waals surface area contributed by atoms with Crippen molar-refractivity contribution < 1.29 is 13.2 Å². The van der Waals surface area contributed by atoms with E-state index in [1.54, 1.807) is 0 Å². The highest BCUT2D eigenvalue weighted by Crippen LogP contribution is 2.46. The SMILES string of the molecule is CC1(C(F)(F)F)C=C(Br)C=C(N)C1N. The zero-order valence-electron chi connectivity index (χ0n) is 7.40. The Labute approximate surface area is 88.0 Å². The molecule has 2 unspecified atom stereocenters. The highest BCUT2D eigenvalue weighted by atomic mass is 79.9. The van der Waals surface area contributed by atoms with Crippen LogP contribution in [-0.4, -0.2) is 12.2 Å². The smallest absolute Gasteiger partial charge is 0.399 e. The van der Waals surface area contributed by atoms with E-state index in [1.807, 2.05) is 0 Å². The monoisotopic (exact) mass is 270 g/mol. The average molecular weight is 271 g/mol. The van der Waals surface area contributed by atoms with Gasteiger partial charge in [-0.2, -0.15) is 13.2 Å². The van der Waals surface area contributed by atoms with Crippen molar-refractivity contribution >= 4 is 15.9 Å². The minimum atomic E-state index is -4.41. The number of rotatable bonds is 0. The molecular formula is C8H10BrF3N2. The van der Waals surface area contributed by atoms with Gasteiger partial charge in [0.1, 0.15) is 5.41 Å². The zero-order valence-corrected chi connectivity index (χ0v) is 8.98. The first-order valence-corrected chi connectivity index (χ1v) is 4.65. The van der Waals surface area contributed by atoms with Crippen LogP contribution in [0.4, 0.5) is 13.2 Å². The van der Waals surface area contributed by atoms with Crippen LogP contribution in [0, 0.1) is 5.41 Å². The molecular weight excluding hydrogens is 261 g/mol. The van der Waals surface area contributed by atoms with Gasteiger partial charge in [0.15, 0.2) is 0 Å². The van der Waals surface area contributed by atoms with E-state index < -0.39 is 17.6 Å². The Balaban J connectivity index is 3.20. The van der Waals surface area contributed by atoms with Gasteiger partial charge in [0.05, 0.1) is 6.04 Å². The summed E-state index contributed by atoms with van der Waals surface area (Å²) in [6.45, 7) is 1.03. The van der Waals surface area contributed by atoms with Crippen LogP contribution >= 0.6 is 15.9 Å². The molecule has 1 aliphatic rings. The molecule has 6 heteroatoms. The minimum Gasteiger partial charge on any atom is -0.401 e. The van der Waals surface area contributed by atoms with E-state index in [1.165, 1.54) is 6.08 Å². The first kappa shape index (κ1) is 11.6. The number of nitrogens with two attached hydrogens (primary N) is 2. The summed E-state index contributed by atoms with van der Waals surface area (Å²) in [6.07, 6.45) is -1.99. The number of alkyl halides is 3. The molecule has 0 fully saturated rings. The molecule has 0 saturated carbocycles. The van der Waals surface area contributed by atoms with Crippen LogP contribution in [-0.2, 0) is 0 Å². The molecule has 0 spiro atoms. The van der Waals surface area contributed by atoms with Crippen molar-refractivity contribution in [2.75, 3.05) is 0 Å². The Morgan fingerprint density at radius 1 is 1.50 bits per heavy atom. The van der Waals surface area contributed by atoms with Crippen molar-refractivity contribution in [1.82, 2.24) is 0 Å². The fourth-order valence-electron chi connectivity index (χ4n) is 1.27. The summed E-state index contributed by atoms with van der Waals surface area (Å²) >= 11 is 2.97. The highest BCUT2D eigenvalue weighted by molar-refractivity contribution is 9.11. The van der Waals surface area contributed by atoms with Crippen molar-refractivity contribution in [2.45, 2.75) is 19.1 Å². The Morgan fingerprint density at radius 2 is 2.00 bits per heavy atom. The third kappa shape index (κ3) is 1.68. The van der Waals surface area contributed by atoms with Gasteiger partial charge in [-0.25, -0.2) is 0 Å². The highest BCUT2D eigenvalue weighted by Gasteiger charge is 2.55. The lowest BCUT2D eigenvalue weighted by molar-refractivity contribution is -0.204. The van der Waals surface area contributed by atoms with Crippen molar-refractivity contribution in [3.63, 3.8) is 0 Å². The Kier molecular flexibility index (Phi) is 2.71. The van der Waals surface area contributed by atoms with Crippen LogP contribution < -0.4 is 11.5 Å².